The summed E-state index contributed by atoms with van der Waals surface area (Å²) < 4.78 is 1.72. The van der Waals surface area contributed by atoms with Gasteiger partial charge in [-0.15, -0.1) is 5.10 Å². The lowest BCUT2D eigenvalue weighted by atomic mass is 10.1. The Morgan fingerprint density at radius 1 is 1.63 bits per heavy atom. The van der Waals surface area contributed by atoms with Gasteiger partial charge in [0.05, 0.1) is 17.8 Å². The van der Waals surface area contributed by atoms with E-state index in [0.29, 0.717) is 18.3 Å². The fourth-order valence-electron chi connectivity index (χ4n) is 1.97. The van der Waals surface area contributed by atoms with Crippen LogP contribution in [0.3, 0.4) is 0 Å². The molecular formula is C12H21N5O2. The van der Waals surface area contributed by atoms with Crippen LogP contribution in [0.25, 0.3) is 0 Å². The Hall–Kier alpha value is -1.47. The molecule has 2 rings (SSSR count). The standard InChI is InChI=1S/C12H21N5O2/c1-4-16(8-12(2,3)19)11(18)10-7-17(15-14-10)9-5-13-6-9/h7,9,13,19H,4-6,8H2,1-3H3. The predicted octanol–water partition coefficient (Wildman–Crippen LogP) is -0.345. The van der Waals surface area contributed by atoms with Gasteiger partial charge in [0.1, 0.15) is 0 Å². The minimum Gasteiger partial charge on any atom is -0.389 e. The highest BCUT2D eigenvalue weighted by molar-refractivity contribution is 5.91. The van der Waals surface area contributed by atoms with Gasteiger partial charge < -0.3 is 15.3 Å². The monoisotopic (exact) mass is 267 g/mol. The van der Waals surface area contributed by atoms with Crippen molar-refractivity contribution in [3.05, 3.63) is 11.9 Å². The Balaban J connectivity index is 2.06. The average Bonchev–Trinajstić information content (AvgIpc) is 2.70. The SMILES string of the molecule is CCN(CC(C)(C)O)C(=O)c1cn(C2CNC2)nn1. The molecule has 0 spiro atoms. The second kappa shape index (κ2) is 5.26. The van der Waals surface area contributed by atoms with Gasteiger partial charge in [0.2, 0.25) is 0 Å². The van der Waals surface area contributed by atoms with E-state index < -0.39 is 5.60 Å². The van der Waals surface area contributed by atoms with Crippen molar-refractivity contribution in [2.75, 3.05) is 26.2 Å². The van der Waals surface area contributed by atoms with E-state index >= 15 is 0 Å². The number of nitrogens with one attached hydrogen (secondary N) is 1. The van der Waals surface area contributed by atoms with Crippen molar-refractivity contribution in [3.63, 3.8) is 0 Å². The predicted molar refractivity (Wildman–Crippen MR) is 69.8 cm³/mol. The number of carbonyl (C=O) groups excluding carboxylic acids is 1. The minimum atomic E-state index is -0.917. The molecule has 1 aromatic heterocycles. The molecule has 0 aliphatic carbocycles. The van der Waals surface area contributed by atoms with E-state index in [9.17, 15) is 9.90 Å². The van der Waals surface area contributed by atoms with Gasteiger partial charge in [-0.05, 0) is 20.8 Å². The number of nitrogens with zero attached hydrogens (tertiary/aromatic N) is 4. The largest absolute Gasteiger partial charge is 0.389 e. The lowest BCUT2D eigenvalue weighted by molar-refractivity contribution is 0.0311. The summed E-state index contributed by atoms with van der Waals surface area (Å²) in [4.78, 5) is 13.9. The smallest absolute Gasteiger partial charge is 0.276 e. The molecule has 7 nitrogen and oxygen atoms in total. The maximum absolute atomic E-state index is 12.3. The maximum Gasteiger partial charge on any atom is 0.276 e. The minimum absolute atomic E-state index is 0.192. The number of aliphatic hydroxyl groups is 1. The molecule has 19 heavy (non-hydrogen) atoms. The first-order chi connectivity index (χ1) is 8.90. The third-order valence-electron chi connectivity index (χ3n) is 3.11. The van der Waals surface area contributed by atoms with Crippen LogP contribution in [-0.4, -0.2) is 62.7 Å². The Kier molecular flexibility index (Phi) is 3.86. The number of carbonyl (C=O) groups is 1. The summed E-state index contributed by atoms with van der Waals surface area (Å²) in [5.74, 6) is -0.192. The maximum atomic E-state index is 12.3. The Labute approximate surface area is 112 Å². The molecule has 0 unspecified atom stereocenters. The van der Waals surface area contributed by atoms with Crippen molar-refractivity contribution < 1.29 is 9.90 Å². The van der Waals surface area contributed by atoms with Crippen LogP contribution in [-0.2, 0) is 0 Å². The number of aromatic nitrogens is 3. The molecular weight excluding hydrogens is 246 g/mol. The van der Waals surface area contributed by atoms with Crippen LogP contribution in [0.4, 0.5) is 0 Å². The molecule has 0 bridgehead atoms. The van der Waals surface area contributed by atoms with Gasteiger partial charge in [0, 0.05) is 26.2 Å². The summed E-state index contributed by atoms with van der Waals surface area (Å²) >= 11 is 0. The normalized spacial score (nSPS) is 16.2. The Morgan fingerprint density at radius 2 is 2.32 bits per heavy atom. The highest BCUT2D eigenvalue weighted by Gasteiger charge is 2.26. The molecule has 1 amide bonds. The molecule has 1 aliphatic heterocycles. The summed E-state index contributed by atoms with van der Waals surface area (Å²) in [6.07, 6.45) is 1.68. The second-order valence-corrected chi connectivity index (χ2v) is 5.53. The summed E-state index contributed by atoms with van der Waals surface area (Å²) in [5, 5.41) is 20.9. The molecule has 0 saturated carbocycles. The highest BCUT2D eigenvalue weighted by Crippen LogP contribution is 2.12. The van der Waals surface area contributed by atoms with Gasteiger partial charge in [-0.1, -0.05) is 5.21 Å². The van der Waals surface area contributed by atoms with E-state index in [1.54, 1.807) is 29.6 Å². The first-order valence-corrected chi connectivity index (χ1v) is 6.55. The molecule has 1 fully saturated rings. The van der Waals surface area contributed by atoms with Crippen molar-refractivity contribution in [1.29, 1.82) is 0 Å². The topological polar surface area (TPSA) is 83.3 Å². The number of rotatable bonds is 5. The fraction of sp³-hybridized carbons (Fsp3) is 0.750. The molecule has 106 valence electrons. The van der Waals surface area contributed by atoms with Crippen LogP contribution in [0.1, 0.15) is 37.3 Å². The van der Waals surface area contributed by atoms with Crippen LogP contribution in [0.2, 0.25) is 0 Å². The quantitative estimate of drug-likeness (QED) is 0.762. The van der Waals surface area contributed by atoms with Crippen molar-refractivity contribution in [3.8, 4) is 0 Å². The van der Waals surface area contributed by atoms with Crippen molar-refractivity contribution >= 4 is 5.91 Å². The number of amides is 1. The van der Waals surface area contributed by atoms with Crippen LogP contribution in [0, 0.1) is 0 Å². The third kappa shape index (κ3) is 3.30. The van der Waals surface area contributed by atoms with Gasteiger partial charge in [0.15, 0.2) is 5.69 Å². The Bertz CT molecular complexity index is 447. The van der Waals surface area contributed by atoms with Gasteiger partial charge in [-0.3, -0.25) is 4.79 Å². The van der Waals surface area contributed by atoms with Gasteiger partial charge in [0.25, 0.3) is 5.91 Å². The zero-order valence-electron chi connectivity index (χ0n) is 11.6. The molecule has 1 aliphatic rings. The third-order valence-corrected chi connectivity index (χ3v) is 3.11. The zero-order valence-corrected chi connectivity index (χ0v) is 11.6. The summed E-state index contributed by atoms with van der Waals surface area (Å²) in [6.45, 7) is 7.76. The summed E-state index contributed by atoms with van der Waals surface area (Å²) in [5.41, 5.74) is -0.586. The first kappa shape index (κ1) is 14.0. The van der Waals surface area contributed by atoms with Crippen molar-refractivity contribution in [2.45, 2.75) is 32.4 Å². The lowest BCUT2D eigenvalue weighted by Crippen LogP contribution is -2.43. The first-order valence-electron chi connectivity index (χ1n) is 6.55. The number of hydrogen-bond donors (Lipinski definition) is 2. The van der Waals surface area contributed by atoms with Crippen LogP contribution < -0.4 is 5.32 Å². The van der Waals surface area contributed by atoms with E-state index in [4.69, 9.17) is 0 Å². The van der Waals surface area contributed by atoms with E-state index in [2.05, 4.69) is 15.6 Å². The molecule has 2 N–H and O–H groups in total. The lowest BCUT2D eigenvalue weighted by Gasteiger charge is -2.27. The number of hydrogen-bond acceptors (Lipinski definition) is 5. The Morgan fingerprint density at radius 3 is 2.79 bits per heavy atom. The van der Waals surface area contributed by atoms with E-state index in [-0.39, 0.29) is 12.5 Å². The molecule has 1 saturated heterocycles. The van der Waals surface area contributed by atoms with Crippen LogP contribution >= 0.6 is 0 Å². The van der Waals surface area contributed by atoms with Crippen molar-refractivity contribution in [2.24, 2.45) is 0 Å². The van der Waals surface area contributed by atoms with Crippen LogP contribution in [0.15, 0.2) is 6.20 Å². The molecule has 0 atom stereocenters. The van der Waals surface area contributed by atoms with Crippen molar-refractivity contribution in [1.82, 2.24) is 25.2 Å². The van der Waals surface area contributed by atoms with Gasteiger partial charge in [-0.25, -0.2) is 4.68 Å². The van der Waals surface area contributed by atoms with E-state index in [1.165, 1.54) is 0 Å². The summed E-state index contributed by atoms with van der Waals surface area (Å²) in [6, 6.07) is 0.290. The number of likely N-dealkylation sites (N-methyl/N-ethyl adjacent to an activating group) is 1. The van der Waals surface area contributed by atoms with E-state index in [0.717, 1.165) is 13.1 Å². The fourth-order valence-corrected chi connectivity index (χ4v) is 1.97. The summed E-state index contributed by atoms with van der Waals surface area (Å²) in [7, 11) is 0. The molecule has 7 heteroatoms. The zero-order chi connectivity index (χ0) is 14.0. The molecule has 0 radical (unpaired) electrons. The molecule has 0 aromatic carbocycles. The van der Waals surface area contributed by atoms with Gasteiger partial charge >= 0.3 is 0 Å². The molecule has 1 aromatic rings. The average molecular weight is 267 g/mol. The highest BCUT2D eigenvalue weighted by atomic mass is 16.3. The van der Waals surface area contributed by atoms with Crippen LogP contribution in [0.5, 0.6) is 0 Å². The van der Waals surface area contributed by atoms with E-state index in [1.807, 2.05) is 6.92 Å². The molecule has 2 heterocycles. The van der Waals surface area contributed by atoms with Gasteiger partial charge in [-0.2, -0.15) is 0 Å². The second-order valence-electron chi connectivity index (χ2n) is 5.53.